The number of fused-ring (bicyclic) bond motifs is 1. The van der Waals surface area contributed by atoms with Crippen molar-refractivity contribution in [2.75, 3.05) is 32.1 Å². The Labute approximate surface area is 196 Å². The van der Waals surface area contributed by atoms with Crippen LogP contribution in [0.3, 0.4) is 0 Å². The van der Waals surface area contributed by atoms with E-state index in [1.807, 2.05) is 0 Å². The van der Waals surface area contributed by atoms with E-state index in [1.165, 1.54) is 46.5 Å². The lowest BCUT2D eigenvalue weighted by Gasteiger charge is -2.21. The van der Waals surface area contributed by atoms with Gasteiger partial charge in [0.15, 0.2) is 12.3 Å². The summed E-state index contributed by atoms with van der Waals surface area (Å²) in [6, 6.07) is 5.95. The predicted molar refractivity (Wildman–Crippen MR) is 122 cm³/mol. The molecule has 0 radical (unpaired) electrons. The van der Waals surface area contributed by atoms with E-state index in [0.29, 0.717) is 18.7 Å². The third kappa shape index (κ3) is 5.02. The molecule has 34 heavy (non-hydrogen) atoms. The summed E-state index contributed by atoms with van der Waals surface area (Å²) in [6.07, 6.45) is 8.08. The van der Waals surface area contributed by atoms with E-state index in [-0.39, 0.29) is 21.9 Å². The molecule has 1 aromatic carbocycles. The van der Waals surface area contributed by atoms with Gasteiger partial charge in [0.25, 0.3) is 5.91 Å². The quantitative estimate of drug-likeness (QED) is 0.501. The average Bonchev–Trinajstić information content (AvgIpc) is 3.07. The average molecular weight is 488 g/mol. The molecule has 1 fully saturated rings. The lowest BCUT2D eigenvalue weighted by atomic mass is 10.2. The second kappa shape index (κ2) is 10.2. The topological polar surface area (TPSA) is 132 Å². The highest BCUT2D eigenvalue weighted by molar-refractivity contribution is 7.89. The molecule has 1 amide bonds. The second-order valence-corrected chi connectivity index (χ2v) is 9.69. The van der Waals surface area contributed by atoms with Crippen LogP contribution in [0, 0.1) is 0 Å². The van der Waals surface area contributed by atoms with Gasteiger partial charge in [0.1, 0.15) is 11.3 Å². The second-order valence-electron chi connectivity index (χ2n) is 7.75. The SMILES string of the molecule is COc1ccc(S(=O)(=O)N2CCCCCC2)cc1NC(=O)COC(=O)c1cnn2cccnc12. The first kappa shape index (κ1) is 23.6. The van der Waals surface area contributed by atoms with E-state index in [9.17, 15) is 18.0 Å². The van der Waals surface area contributed by atoms with Crippen LogP contribution in [-0.4, -0.2) is 66.0 Å². The van der Waals surface area contributed by atoms with E-state index >= 15 is 0 Å². The predicted octanol–water partition coefficient (Wildman–Crippen LogP) is 2.10. The molecule has 2 aromatic heterocycles. The molecule has 0 unspecified atom stereocenters. The molecular weight excluding hydrogens is 462 g/mol. The largest absolute Gasteiger partial charge is 0.495 e. The van der Waals surface area contributed by atoms with Crippen molar-refractivity contribution in [2.45, 2.75) is 30.6 Å². The summed E-state index contributed by atoms with van der Waals surface area (Å²) in [4.78, 5) is 29.0. The summed E-state index contributed by atoms with van der Waals surface area (Å²) < 4.78 is 39.5. The van der Waals surface area contributed by atoms with Crippen LogP contribution >= 0.6 is 0 Å². The maximum Gasteiger partial charge on any atom is 0.344 e. The highest BCUT2D eigenvalue weighted by atomic mass is 32.2. The third-order valence-corrected chi connectivity index (χ3v) is 7.38. The van der Waals surface area contributed by atoms with E-state index in [2.05, 4.69) is 15.4 Å². The number of sulfonamides is 1. The van der Waals surface area contributed by atoms with Gasteiger partial charge in [0.05, 0.1) is 23.9 Å². The fraction of sp³-hybridized carbons (Fsp3) is 0.364. The number of amides is 1. The molecule has 4 rings (SSSR count). The van der Waals surface area contributed by atoms with Gasteiger partial charge in [-0.2, -0.15) is 9.40 Å². The Morgan fingerprint density at radius 3 is 2.65 bits per heavy atom. The van der Waals surface area contributed by atoms with Crippen LogP contribution in [0.25, 0.3) is 5.65 Å². The van der Waals surface area contributed by atoms with Crippen molar-refractivity contribution in [3.05, 3.63) is 48.4 Å². The lowest BCUT2D eigenvalue weighted by molar-refractivity contribution is -0.119. The number of carbonyl (C=O) groups excluding carboxylic acids is 2. The Morgan fingerprint density at radius 1 is 1.15 bits per heavy atom. The number of methoxy groups -OCH3 is 1. The molecule has 0 spiro atoms. The van der Waals surface area contributed by atoms with Crippen LogP contribution in [0.5, 0.6) is 5.75 Å². The number of ether oxygens (including phenoxy) is 2. The van der Waals surface area contributed by atoms with Gasteiger partial charge >= 0.3 is 5.97 Å². The Kier molecular flexibility index (Phi) is 7.08. The number of nitrogens with one attached hydrogen (secondary N) is 1. The Hall–Kier alpha value is -3.51. The van der Waals surface area contributed by atoms with E-state index < -0.39 is 28.5 Å². The van der Waals surface area contributed by atoms with Crippen LogP contribution in [-0.2, 0) is 19.6 Å². The monoisotopic (exact) mass is 487 g/mol. The molecule has 0 saturated carbocycles. The molecule has 180 valence electrons. The molecule has 1 saturated heterocycles. The number of benzene rings is 1. The van der Waals surface area contributed by atoms with Gasteiger partial charge in [0.2, 0.25) is 10.0 Å². The summed E-state index contributed by atoms with van der Waals surface area (Å²) in [7, 11) is -2.31. The van der Waals surface area contributed by atoms with Crippen molar-refractivity contribution in [3.63, 3.8) is 0 Å². The normalized spacial score (nSPS) is 15.0. The van der Waals surface area contributed by atoms with Crippen LogP contribution in [0.1, 0.15) is 36.0 Å². The maximum atomic E-state index is 13.1. The Bertz CT molecular complexity index is 1300. The van der Waals surface area contributed by atoms with Crippen molar-refractivity contribution in [1.29, 1.82) is 0 Å². The van der Waals surface area contributed by atoms with E-state index in [4.69, 9.17) is 9.47 Å². The van der Waals surface area contributed by atoms with Crippen molar-refractivity contribution < 1.29 is 27.5 Å². The molecular formula is C22H25N5O6S. The summed E-state index contributed by atoms with van der Waals surface area (Å²) in [6.45, 7) is 0.337. The smallest absolute Gasteiger partial charge is 0.344 e. The van der Waals surface area contributed by atoms with Crippen molar-refractivity contribution in [1.82, 2.24) is 18.9 Å². The number of hydrogen-bond donors (Lipinski definition) is 1. The lowest BCUT2D eigenvalue weighted by Crippen LogP contribution is -2.32. The molecule has 0 atom stereocenters. The molecule has 1 aliphatic rings. The highest BCUT2D eigenvalue weighted by Crippen LogP contribution is 2.30. The summed E-state index contributed by atoms with van der Waals surface area (Å²) >= 11 is 0. The fourth-order valence-electron chi connectivity index (χ4n) is 3.74. The summed E-state index contributed by atoms with van der Waals surface area (Å²) in [5, 5.41) is 6.58. The molecule has 12 heteroatoms. The third-order valence-electron chi connectivity index (χ3n) is 5.48. The van der Waals surface area contributed by atoms with Crippen LogP contribution < -0.4 is 10.1 Å². The van der Waals surface area contributed by atoms with E-state index in [0.717, 1.165) is 25.7 Å². The number of esters is 1. The van der Waals surface area contributed by atoms with Crippen LogP contribution in [0.2, 0.25) is 0 Å². The summed E-state index contributed by atoms with van der Waals surface area (Å²) in [5.74, 6) is -1.13. The van der Waals surface area contributed by atoms with Gasteiger partial charge in [-0.15, -0.1) is 0 Å². The number of aromatic nitrogens is 3. The number of nitrogens with zero attached hydrogens (tertiary/aromatic N) is 4. The van der Waals surface area contributed by atoms with E-state index in [1.54, 1.807) is 12.3 Å². The first-order valence-corrected chi connectivity index (χ1v) is 12.3. The number of hydrogen-bond acceptors (Lipinski definition) is 8. The fourth-order valence-corrected chi connectivity index (χ4v) is 5.29. The molecule has 11 nitrogen and oxygen atoms in total. The zero-order valence-electron chi connectivity index (χ0n) is 18.6. The zero-order valence-corrected chi connectivity index (χ0v) is 19.5. The molecule has 1 N–H and O–H groups in total. The molecule has 1 aliphatic heterocycles. The standard InChI is InChI=1S/C22H25N5O6S/c1-32-19-8-7-16(34(30,31)26-10-4-2-3-5-11-26)13-18(19)25-20(28)15-33-22(29)17-14-24-27-12-6-9-23-21(17)27/h6-9,12-14H,2-5,10-11,15H2,1H3,(H,25,28). The Balaban J connectivity index is 1.46. The van der Waals surface area contributed by atoms with Crippen molar-refractivity contribution in [2.24, 2.45) is 0 Å². The van der Waals surface area contributed by atoms with Gasteiger partial charge < -0.3 is 14.8 Å². The molecule has 0 aliphatic carbocycles. The molecule has 3 heterocycles. The van der Waals surface area contributed by atoms with Gasteiger partial charge in [-0.1, -0.05) is 12.8 Å². The highest BCUT2D eigenvalue weighted by Gasteiger charge is 2.26. The van der Waals surface area contributed by atoms with Crippen LogP contribution in [0.15, 0.2) is 47.8 Å². The van der Waals surface area contributed by atoms with Gasteiger partial charge in [-0.3, -0.25) is 4.79 Å². The van der Waals surface area contributed by atoms with Crippen molar-refractivity contribution >= 4 is 33.2 Å². The zero-order chi connectivity index (χ0) is 24.1. The molecule has 0 bridgehead atoms. The first-order valence-electron chi connectivity index (χ1n) is 10.8. The number of anilines is 1. The van der Waals surface area contributed by atoms with Gasteiger partial charge in [-0.05, 0) is 37.1 Å². The van der Waals surface area contributed by atoms with Gasteiger partial charge in [0, 0.05) is 25.5 Å². The maximum absolute atomic E-state index is 13.1. The van der Waals surface area contributed by atoms with Crippen molar-refractivity contribution in [3.8, 4) is 5.75 Å². The number of rotatable bonds is 7. The number of carbonyl (C=O) groups is 2. The minimum atomic E-state index is -3.72. The minimum Gasteiger partial charge on any atom is -0.495 e. The first-order chi connectivity index (χ1) is 16.4. The van der Waals surface area contributed by atoms with Crippen LogP contribution in [0.4, 0.5) is 5.69 Å². The minimum absolute atomic E-state index is 0.0555. The summed E-state index contributed by atoms with van der Waals surface area (Å²) in [5.41, 5.74) is 0.592. The molecule has 3 aromatic rings. The van der Waals surface area contributed by atoms with Gasteiger partial charge in [-0.25, -0.2) is 22.7 Å². The Morgan fingerprint density at radius 2 is 1.91 bits per heavy atom.